The Morgan fingerprint density at radius 1 is 1.27 bits per heavy atom. The molecule has 0 N–H and O–H groups in total. The van der Waals surface area contributed by atoms with Gasteiger partial charge in [0.05, 0.1) is 0 Å². The van der Waals surface area contributed by atoms with Gasteiger partial charge < -0.3 is 0 Å². The van der Waals surface area contributed by atoms with Crippen LogP contribution in [0.3, 0.4) is 0 Å². The molecule has 0 amide bonds. The van der Waals surface area contributed by atoms with E-state index in [0.29, 0.717) is 0 Å². The van der Waals surface area contributed by atoms with Crippen molar-refractivity contribution >= 4 is 5.69 Å². The molecule has 0 aliphatic rings. The summed E-state index contributed by atoms with van der Waals surface area (Å²) in [5.74, 6) is 0. The number of anilines is 1. The van der Waals surface area contributed by atoms with E-state index < -0.39 is 0 Å². The molecule has 0 spiro atoms. The third kappa shape index (κ3) is 2.16. The molecule has 0 radical (unpaired) electrons. The maximum atomic E-state index is 2.20. The first-order valence-electron chi connectivity index (χ1n) is 3.65. The average Bonchev–Trinajstić information content (AvgIpc) is 2.04. The third-order valence-corrected chi connectivity index (χ3v) is 2.60. The molecule has 0 aliphatic carbocycles. The molecule has 11 heavy (non-hydrogen) atoms. The van der Waals surface area contributed by atoms with Gasteiger partial charge in [-0.05, 0) is 0 Å². The second-order valence-electron chi connectivity index (χ2n) is 2.70. The monoisotopic (exact) mass is 224 g/mol. The second kappa shape index (κ2) is 4.06. The topological polar surface area (TPSA) is 3.24 Å². The fourth-order valence-electron chi connectivity index (χ4n) is 1.10. The Hall–Kier alpha value is -0.0969. The Morgan fingerprint density at radius 2 is 1.91 bits per heavy atom. The molecule has 2 heteroatoms. The van der Waals surface area contributed by atoms with Crippen LogP contribution in [-0.4, -0.2) is 14.1 Å². The summed E-state index contributed by atoms with van der Waals surface area (Å²) in [6.45, 7) is 0. The van der Waals surface area contributed by atoms with Crippen LogP contribution in [-0.2, 0) is 28.8 Å². The molecule has 1 aromatic carbocycles. The van der Waals surface area contributed by atoms with Crippen LogP contribution in [0.5, 0.6) is 0 Å². The molecule has 0 unspecified atom stereocenters. The van der Waals surface area contributed by atoms with Crippen molar-refractivity contribution in [3.8, 4) is 0 Å². The molecule has 1 rings (SSSR count). The zero-order chi connectivity index (χ0) is 8.27. The van der Waals surface area contributed by atoms with Crippen molar-refractivity contribution in [3.05, 3.63) is 29.8 Å². The minimum atomic E-state index is 1.20. The zero-order valence-corrected chi connectivity index (χ0v) is 9.42. The first kappa shape index (κ1) is 8.99. The van der Waals surface area contributed by atoms with Gasteiger partial charge in [0.15, 0.2) is 0 Å². The molecule has 0 aliphatic heterocycles. The van der Waals surface area contributed by atoms with Crippen molar-refractivity contribution in [1.29, 1.82) is 0 Å². The molecule has 1 aromatic rings. The van der Waals surface area contributed by atoms with Gasteiger partial charge >= 0.3 is 83.4 Å². The van der Waals surface area contributed by atoms with Crippen molar-refractivity contribution in [1.82, 2.24) is 0 Å². The quantitative estimate of drug-likeness (QED) is 0.742. The Morgan fingerprint density at radius 3 is 2.36 bits per heavy atom. The van der Waals surface area contributed by atoms with E-state index in [2.05, 4.69) is 43.3 Å². The standard InChI is InChI=1S/C9H12N.Zr/c1-8-6-4-5-7-9(8)10(2)3;/h4-7H,1H2,2-3H3;. The van der Waals surface area contributed by atoms with E-state index in [4.69, 9.17) is 0 Å². The summed E-state index contributed by atoms with van der Waals surface area (Å²) in [5.41, 5.74) is 2.81. The van der Waals surface area contributed by atoms with E-state index in [1.54, 1.807) is 24.7 Å². The van der Waals surface area contributed by atoms with Crippen LogP contribution in [0.25, 0.3) is 0 Å². The second-order valence-corrected chi connectivity index (χ2v) is 3.57. The number of hydrogen-bond acceptors (Lipinski definition) is 1. The molecule has 0 bridgehead atoms. The normalized spacial score (nSPS) is 9.55. The molecular weight excluding hydrogens is 213 g/mol. The van der Waals surface area contributed by atoms with E-state index in [1.807, 2.05) is 0 Å². The summed E-state index contributed by atoms with van der Waals surface area (Å²) in [6, 6.07) is 8.56. The van der Waals surface area contributed by atoms with Crippen molar-refractivity contribution in [2.45, 2.75) is 4.13 Å². The van der Waals surface area contributed by atoms with Gasteiger partial charge in [-0.15, -0.1) is 0 Å². The molecule has 0 saturated carbocycles. The van der Waals surface area contributed by atoms with Crippen LogP contribution >= 0.6 is 0 Å². The first-order chi connectivity index (χ1) is 5.25. The molecule has 57 valence electrons. The number of nitrogens with zero attached hydrogens (tertiary/aromatic N) is 1. The van der Waals surface area contributed by atoms with Crippen LogP contribution in [0.1, 0.15) is 5.56 Å². The Labute approximate surface area is 83.3 Å². The third-order valence-electron chi connectivity index (χ3n) is 1.66. The van der Waals surface area contributed by atoms with Gasteiger partial charge in [0, 0.05) is 0 Å². The molecule has 0 atom stereocenters. The molecule has 0 aromatic heterocycles. The number of hydrogen-bond donors (Lipinski definition) is 0. The van der Waals surface area contributed by atoms with E-state index in [0.717, 1.165) is 0 Å². The van der Waals surface area contributed by atoms with Crippen LogP contribution in [0.2, 0.25) is 0 Å². The van der Waals surface area contributed by atoms with Gasteiger partial charge in [-0.1, -0.05) is 0 Å². The Bertz CT molecular complexity index is 233. The van der Waals surface area contributed by atoms with E-state index in [-0.39, 0.29) is 0 Å². The molecular formula is C9H12NZr. The number of benzene rings is 1. The van der Waals surface area contributed by atoms with Crippen molar-refractivity contribution in [2.24, 2.45) is 0 Å². The van der Waals surface area contributed by atoms with Gasteiger partial charge in [0.1, 0.15) is 0 Å². The molecule has 0 fully saturated rings. The molecule has 0 heterocycles. The van der Waals surface area contributed by atoms with Crippen molar-refractivity contribution in [2.75, 3.05) is 19.0 Å². The summed E-state index contributed by atoms with van der Waals surface area (Å²) in [4.78, 5) is 2.17. The number of para-hydroxylation sites is 1. The van der Waals surface area contributed by atoms with Gasteiger partial charge in [0.25, 0.3) is 0 Å². The van der Waals surface area contributed by atoms with Crippen molar-refractivity contribution in [3.63, 3.8) is 0 Å². The van der Waals surface area contributed by atoms with E-state index in [1.165, 1.54) is 15.4 Å². The SMILES string of the molecule is CN(C)c1ccccc1[CH2][Zr]. The maximum absolute atomic E-state index is 2.20. The predicted molar refractivity (Wildman–Crippen MR) is 44.5 cm³/mol. The summed E-state index contributed by atoms with van der Waals surface area (Å²) in [6.07, 6.45) is 0. The van der Waals surface area contributed by atoms with Crippen LogP contribution in [0.4, 0.5) is 5.69 Å². The van der Waals surface area contributed by atoms with Gasteiger partial charge in [-0.2, -0.15) is 0 Å². The van der Waals surface area contributed by atoms with Crippen LogP contribution < -0.4 is 4.90 Å². The first-order valence-corrected chi connectivity index (χ1v) is 5.39. The summed E-state index contributed by atoms with van der Waals surface area (Å²) in [5, 5.41) is 0. The van der Waals surface area contributed by atoms with Gasteiger partial charge in [0.2, 0.25) is 0 Å². The predicted octanol–water partition coefficient (Wildman–Crippen LogP) is 1.80. The minimum absolute atomic E-state index is 1.20. The van der Waals surface area contributed by atoms with Gasteiger partial charge in [-0.3, -0.25) is 0 Å². The van der Waals surface area contributed by atoms with E-state index >= 15 is 0 Å². The summed E-state index contributed by atoms with van der Waals surface area (Å²) < 4.78 is 1.20. The van der Waals surface area contributed by atoms with E-state index in [9.17, 15) is 0 Å². The Balaban J connectivity index is 3.02. The average molecular weight is 225 g/mol. The fraction of sp³-hybridized carbons (Fsp3) is 0.333. The van der Waals surface area contributed by atoms with Crippen LogP contribution in [0.15, 0.2) is 24.3 Å². The number of rotatable bonds is 2. The zero-order valence-electron chi connectivity index (χ0n) is 6.96. The molecule has 0 saturated heterocycles. The fourth-order valence-corrected chi connectivity index (χ4v) is 1.83. The molecule has 1 nitrogen and oxygen atoms in total. The summed E-state index contributed by atoms with van der Waals surface area (Å²) in [7, 11) is 4.18. The Kier molecular flexibility index (Phi) is 3.32. The van der Waals surface area contributed by atoms with Crippen LogP contribution in [0, 0.1) is 0 Å². The van der Waals surface area contributed by atoms with Crippen molar-refractivity contribution < 1.29 is 24.7 Å². The van der Waals surface area contributed by atoms with Gasteiger partial charge in [-0.25, -0.2) is 0 Å². The summed E-state index contributed by atoms with van der Waals surface area (Å²) >= 11 is 1.57.